The first-order valence-electron chi connectivity index (χ1n) is 7.39. The Morgan fingerprint density at radius 2 is 1.95 bits per heavy atom. The number of carboxylic acids is 1. The molecule has 1 fully saturated rings. The van der Waals surface area contributed by atoms with Gasteiger partial charge in [-0.2, -0.15) is 0 Å². The highest BCUT2D eigenvalue weighted by molar-refractivity contribution is 5.84. The number of amides is 1. The van der Waals surface area contributed by atoms with Crippen molar-refractivity contribution in [1.29, 1.82) is 0 Å². The fraction of sp³-hybridized carbons (Fsp3) is 0.500. The van der Waals surface area contributed by atoms with Gasteiger partial charge in [-0.25, -0.2) is 0 Å². The van der Waals surface area contributed by atoms with Gasteiger partial charge in [0.05, 0.1) is 6.54 Å². The minimum absolute atomic E-state index is 0.00676. The van der Waals surface area contributed by atoms with E-state index in [0.29, 0.717) is 0 Å². The SMILES string of the molecule is C[C@H]1CCCCN1C(=O)CN(CC(=O)O)c1ccccc1. The standard InChI is InChI=1S/C16H22N2O3/c1-13-7-5-6-10-18(13)15(19)11-17(12-16(20)21)14-8-3-2-4-9-14/h2-4,8-9,13H,5-7,10-12H2,1H3,(H,20,21)/t13-/m0/s1. The van der Waals surface area contributed by atoms with Crippen LogP contribution < -0.4 is 4.90 Å². The van der Waals surface area contributed by atoms with E-state index in [4.69, 9.17) is 5.11 Å². The van der Waals surface area contributed by atoms with E-state index in [2.05, 4.69) is 6.92 Å². The zero-order valence-corrected chi connectivity index (χ0v) is 12.4. The van der Waals surface area contributed by atoms with Crippen molar-refractivity contribution in [2.75, 3.05) is 24.5 Å². The Bertz CT molecular complexity index is 490. The number of hydrogen-bond acceptors (Lipinski definition) is 3. The molecule has 1 heterocycles. The number of piperidine rings is 1. The lowest BCUT2D eigenvalue weighted by molar-refractivity contribution is -0.135. The summed E-state index contributed by atoms with van der Waals surface area (Å²) in [5.41, 5.74) is 0.762. The largest absolute Gasteiger partial charge is 0.480 e. The third kappa shape index (κ3) is 4.21. The van der Waals surface area contributed by atoms with Crippen LogP contribution in [0.4, 0.5) is 5.69 Å². The second kappa shape index (κ2) is 7.11. The number of benzene rings is 1. The molecule has 0 bridgehead atoms. The molecule has 114 valence electrons. The van der Waals surface area contributed by atoms with Crippen LogP contribution >= 0.6 is 0 Å². The normalized spacial score (nSPS) is 18.3. The maximum absolute atomic E-state index is 12.5. The molecule has 1 aromatic carbocycles. The molecule has 1 aromatic rings. The second-order valence-electron chi connectivity index (χ2n) is 5.52. The Balaban J connectivity index is 2.07. The molecular formula is C16H22N2O3. The molecule has 5 nitrogen and oxygen atoms in total. The van der Waals surface area contributed by atoms with Gasteiger partial charge in [0.2, 0.25) is 5.91 Å². The van der Waals surface area contributed by atoms with Crippen LogP contribution in [0.3, 0.4) is 0 Å². The lowest BCUT2D eigenvalue weighted by atomic mass is 10.0. The van der Waals surface area contributed by atoms with Crippen LogP contribution in [0.2, 0.25) is 0 Å². The number of carboxylic acid groups (broad SMARTS) is 1. The summed E-state index contributed by atoms with van der Waals surface area (Å²) in [7, 11) is 0. The Labute approximate surface area is 125 Å². The van der Waals surface area contributed by atoms with Gasteiger partial charge in [0, 0.05) is 18.3 Å². The number of anilines is 1. The minimum Gasteiger partial charge on any atom is -0.480 e. The van der Waals surface area contributed by atoms with E-state index in [9.17, 15) is 9.59 Å². The average Bonchev–Trinajstić information content (AvgIpc) is 2.47. The van der Waals surface area contributed by atoms with Crippen molar-refractivity contribution in [3.05, 3.63) is 30.3 Å². The first-order chi connectivity index (χ1) is 10.1. The third-order valence-electron chi connectivity index (χ3n) is 3.90. The van der Waals surface area contributed by atoms with Crippen LogP contribution in [0.15, 0.2) is 30.3 Å². The summed E-state index contributed by atoms with van der Waals surface area (Å²) < 4.78 is 0. The third-order valence-corrected chi connectivity index (χ3v) is 3.90. The second-order valence-corrected chi connectivity index (χ2v) is 5.52. The van der Waals surface area contributed by atoms with Crippen LogP contribution in [0, 0.1) is 0 Å². The molecule has 0 radical (unpaired) electrons. The molecule has 5 heteroatoms. The fourth-order valence-electron chi connectivity index (χ4n) is 2.76. The quantitative estimate of drug-likeness (QED) is 0.900. The summed E-state index contributed by atoms with van der Waals surface area (Å²) in [5, 5.41) is 9.05. The van der Waals surface area contributed by atoms with Crippen molar-refractivity contribution in [2.45, 2.75) is 32.2 Å². The maximum Gasteiger partial charge on any atom is 0.323 e. The Kier molecular flexibility index (Phi) is 5.20. The number of para-hydroxylation sites is 1. The maximum atomic E-state index is 12.5. The number of rotatable bonds is 5. The van der Waals surface area contributed by atoms with Gasteiger partial charge in [-0.1, -0.05) is 18.2 Å². The summed E-state index contributed by atoms with van der Waals surface area (Å²) in [4.78, 5) is 27.0. The first kappa shape index (κ1) is 15.4. The molecule has 0 spiro atoms. The molecule has 1 atom stereocenters. The summed E-state index contributed by atoms with van der Waals surface area (Å²) in [6.45, 7) is 2.77. The smallest absolute Gasteiger partial charge is 0.323 e. The molecule has 1 saturated heterocycles. The monoisotopic (exact) mass is 290 g/mol. The van der Waals surface area contributed by atoms with Crippen molar-refractivity contribution < 1.29 is 14.7 Å². The van der Waals surface area contributed by atoms with Crippen molar-refractivity contribution in [3.63, 3.8) is 0 Å². The van der Waals surface area contributed by atoms with Crippen molar-refractivity contribution in [3.8, 4) is 0 Å². The predicted molar refractivity (Wildman–Crippen MR) is 81.3 cm³/mol. The lowest BCUT2D eigenvalue weighted by Crippen LogP contribution is -2.47. The first-order valence-corrected chi connectivity index (χ1v) is 7.39. The number of nitrogens with zero attached hydrogens (tertiary/aromatic N) is 2. The number of carbonyl (C=O) groups is 2. The molecule has 1 amide bonds. The number of carbonyl (C=O) groups excluding carboxylic acids is 1. The molecule has 0 unspecified atom stereocenters. The summed E-state index contributed by atoms with van der Waals surface area (Å²) in [6.07, 6.45) is 3.21. The van der Waals surface area contributed by atoms with Gasteiger partial charge >= 0.3 is 5.97 Å². The van der Waals surface area contributed by atoms with E-state index in [1.54, 1.807) is 4.90 Å². The van der Waals surface area contributed by atoms with E-state index in [1.165, 1.54) is 0 Å². The average molecular weight is 290 g/mol. The molecule has 1 N–H and O–H groups in total. The van der Waals surface area contributed by atoms with Crippen LogP contribution in [-0.4, -0.2) is 47.6 Å². The van der Waals surface area contributed by atoms with E-state index in [-0.39, 0.29) is 25.0 Å². The van der Waals surface area contributed by atoms with Gasteiger partial charge in [0.25, 0.3) is 0 Å². The predicted octanol–water partition coefficient (Wildman–Crippen LogP) is 1.98. The highest BCUT2D eigenvalue weighted by atomic mass is 16.4. The number of hydrogen-bond donors (Lipinski definition) is 1. The lowest BCUT2D eigenvalue weighted by Gasteiger charge is -2.35. The van der Waals surface area contributed by atoms with Gasteiger partial charge in [0.1, 0.15) is 6.54 Å². The van der Waals surface area contributed by atoms with E-state index in [0.717, 1.165) is 31.5 Å². The highest BCUT2D eigenvalue weighted by Crippen LogP contribution is 2.18. The van der Waals surface area contributed by atoms with Gasteiger partial charge < -0.3 is 14.9 Å². The number of likely N-dealkylation sites (tertiary alicyclic amines) is 1. The molecule has 1 aliphatic rings. The molecule has 1 aliphatic heterocycles. The number of aliphatic carboxylic acids is 1. The molecule has 0 aliphatic carbocycles. The topological polar surface area (TPSA) is 60.9 Å². The fourth-order valence-corrected chi connectivity index (χ4v) is 2.76. The van der Waals surface area contributed by atoms with Crippen molar-refractivity contribution >= 4 is 17.6 Å². The molecular weight excluding hydrogens is 268 g/mol. The van der Waals surface area contributed by atoms with Gasteiger partial charge in [-0.3, -0.25) is 9.59 Å². The Hall–Kier alpha value is -2.04. The molecule has 2 rings (SSSR count). The van der Waals surface area contributed by atoms with Crippen LogP contribution in [-0.2, 0) is 9.59 Å². The van der Waals surface area contributed by atoms with E-state index in [1.807, 2.05) is 35.2 Å². The van der Waals surface area contributed by atoms with Crippen molar-refractivity contribution in [1.82, 2.24) is 4.90 Å². The highest BCUT2D eigenvalue weighted by Gasteiger charge is 2.25. The zero-order valence-electron chi connectivity index (χ0n) is 12.4. The van der Waals surface area contributed by atoms with Crippen LogP contribution in [0.1, 0.15) is 26.2 Å². The summed E-state index contributed by atoms with van der Waals surface area (Å²) in [5.74, 6) is -0.925. The molecule has 0 aromatic heterocycles. The van der Waals surface area contributed by atoms with Crippen LogP contribution in [0.5, 0.6) is 0 Å². The summed E-state index contributed by atoms with van der Waals surface area (Å²) in [6, 6.07) is 9.47. The molecule has 21 heavy (non-hydrogen) atoms. The van der Waals surface area contributed by atoms with Crippen molar-refractivity contribution in [2.24, 2.45) is 0 Å². The Morgan fingerprint density at radius 1 is 1.24 bits per heavy atom. The van der Waals surface area contributed by atoms with Gasteiger partial charge in [0.15, 0.2) is 0 Å². The minimum atomic E-state index is -0.932. The Morgan fingerprint density at radius 3 is 2.57 bits per heavy atom. The van der Waals surface area contributed by atoms with Gasteiger partial charge in [-0.05, 0) is 38.3 Å². The van der Waals surface area contributed by atoms with E-state index < -0.39 is 5.97 Å². The van der Waals surface area contributed by atoms with Gasteiger partial charge in [-0.15, -0.1) is 0 Å². The summed E-state index contributed by atoms with van der Waals surface area (Å²) >= 11 is 0. The van der Waals surface area contributed by atoms with E-state index >= 15 is 0 Å². The zero-order chi connectivity index (χ0) is 15.2. The van der Waals surface area contributed by atoms with Crippen LogP contribution in [0.25, 0.3) is 0 Å². The molecule has 0 saturated carbocycles.